The van der Waals surface area contributed by atoms with Gasteiger partial charge in [-0.25, -0.2) is 4.98 Å². The van der Waals surface area contributed by atoms with E-state index in [0.717, 1.165) is 11.4 Å². The molecule has 106 valence electrons. The number of hydrogen-bond donors (Lipinski definition) is 1. The molecule has 1 heterocycles. The maximum atomic E-state index is 6.07. The topological polar surface area (TPSA) is 43.4 Å². The quantitative estimate of drug-likeness (QED) is 0.882. The third-order valence-electron chi connectivity index (χ3n) is 2.58. The minimum Gasteiger partial charge on any atom is -0.494 e. The molecule has 0 saturated heterocycles. The summed E-state index contributed by atoms with van der Waals surface area (Å²) in [4.78, 5) is 4.38. The molecule has 0 atom stereocenters. The molecule has 0 fully saturated rings. The molecule has 0 spiro atoms. The minimum absolute atomic E-state index is 0.508. The Morgan fingerprint density at radius 3 is 2.75 bits per heavy atom. The van der Waals surface area contributed by atoms with Crippen molar-refractivity contribution in [1.82, 2.24) is 10.3 Å². The van der Waals surface area contributed by atoms with Crippen LogP contribution in [0.15, 0.2) is 36.4 Å². The SMILES string of the molecule is CCOc1cccc(Oc2ccc(Cl)c(CNC)n2)c1. The van der Waals surface area contributed by atoms with Gasteiger partial charge in [-0.2, -0.15) is 0 Å². The molecule has 2 aromatic rings. The van der Waals surface area contributed by atoms with Gasteiger partial charge in [0.2, 0.25) is 5.88 Å². The van der Waals surface area contributed by atoms with Gasteiger partial charge < -0.3 is 14.8 Å². The van der Waals surface area contributed by atoms with Gasteiger partial charge in [0.05, 0.1) is 17.3 Å². The van der Waals surface area contributed by atoms with Crippen molar-refractivity contribution >= 4 is 11.6 Å². The van der Waals surface area contributed by atoms with Gasteiger partial charge >= 0.3 is 0 Å². The van der Waals surface area contributed by atoms with Crippen molar-refractivity contribution < 1.29 is 9.47 Å². The molecule has 0 aliphatic heterocycles. The Labute approximate surface area is 123 Å². The van der Waals surface area contributed by atoms with Crippen molar-refractivity contribution in [2.24, 2.45) is 0 Å². The largest absolute Gasteiger partial charge is 0.494 e. The number of benzene rings is 1. The van der Waals surface area contributed by atoms with E-state index < -0.39 is 0 Å². The summed E-state index contributed by atoms with van der Waals surface area (Å²) in [5.74, 6) is 1.96. The Hall–Kier alpha value is -1.78. The Morgan fingerprint density at radius 1 is 1.20 bits per heavy atom. The van der Waals surface area contributed by atoms with Crippen molar-refractivity contribution in [2.75, 3.05) is 13.7 Å². The molecule has 1 aromatic carbocycles. The number of hydrogen-bond acceptors (Lipinski definition) is 4. The fourth-order valence-corrected chi connectivity index (χ4v) is 1.90. The molecular weight excluding hydrogens is 276 g/mol. The fraction of sp³-hybridized carbons (Fsp3) is 0.267. The van der Waals surface area contributed by atoms with Crippen LogP contribution in [0.5, 0.6) is 17.4 Å². The highest BCUT2D eigenvalue weighted by atomic mass is 35.5. The predicted molar refractivity (Wildman–Crippen MR) is 79.7 cm³/mol. The van der Waals surface area contributed by atoms with Gasteiger partial charge in [-0.3, -0.25) is 0 Å². The highest BCUT2D eigenvalue weighted by Gasteiger charge is 2.06. The number of pyridine rings is 1. The van der Waals surface area contributed by atoms with Crippen molar-refractivity contribution in [2.45, 2.75) is 13.5 Å². The van der Waals surface area contributed by atoms with E-state index in [-0.39, 0.29) is 0 Å². The Balaban J connectivity index is 2.17. The van der Waals surface area contributed by atoms with Crippen LogP contribution in [0.1, 0.15) is 12.6 Å². The van der Waals surface area contributed by atoms with E-state index in [0.29, 0.717) is 29.8 Å². The third-order valence-corrected chi connectivity index (χ3v) is 2.92. The van der Waals surface area contributed by atoms with Crippen molar-refractivity contribution in [1.29, 1.82) is 0 Å². The standard InChI is InChI=1S/C15H17ClN2O2/c1-3-19-11-5-4-6-12(9-11)20-15-8-7-13(16)14(18-15)10-17-2/h4-9,17H,3,10H2,1-2H3. The molecule has 0 radical (unpaired) electrons. The first-order valence-corrected chi connectivity index (χ1v) is 6.81. The van der Waals surface area contributed by atoms with E-state index in [4.69, 9.17) is 21.1 Å². The lowest BCUT2D eigenvalue weighted by atomic mass is 10.3. The summed E-state index contributed by atoms with van der Waals surface area (Å²) >= 11 is 6.07. The lowest BCUT2D eigenvalue weighted by Gasteiger charge is -2.09. The van der Waals surface area contributed by atoms with E-state index in [1.54, 1.807) is 12.1 Å². The van der Waals surface area contributed by atoms with E-state index in [2.05, 4.69) is 10.3 Å². The molecular formula is C15H17ClN2O2. The molecule has 1 aromatic heterocycles. The second-order valence-electron chi connectivity index (χ2n) is 4.12. The molecule has 2 rings (SSSR count). The highest BCUT2D eigenvalue weighted by molar-refractivity contribution is 6.31. The predicted octanol–water partition coefficient (Wildman–Crippen LogP) is 3.65. The first kappa shape index (κ1) is 14.6. The zero-order chi connectivity index (χ0) is 14.4. The van der Waals surface area contributed by atoms with E-state index in [1.807, 2.05) is 38.2 Å². The first-order valence-electron chi connectivity index (χ1n) is 6.43. The van der Waals surface area contributed by atoms with Crippen LogP contribution in [-0.4, -0.2) is 18.6 Å². The zero-order valence-corrected chi connectivity index (χ0v) is 12.3. The zero-order valence-electron chi connectivity index (χ0n) is 11.5. The third kappa shape index (κ3) is 3.85. The van der Waals surface area contributed by atoms with E-state index >= 15 is 0 Å². The number of rotatable bonds is 6. The smallest absolute Gasteiger partial charge is 0.219 e. The lowest BCUT2D eigenvalue weighted by molar-refractivity contribution is 0.338. The number of nitrogens with one attached hydrogen (secondary N) is 1. The van der Waals surface area contributed by atoms with Crippen molar-refractivity contribution in [3.63, 3.8) is 0 Å². The van der Waals surface area contributed by atoms with Gasteiger partial charge in [0, 0.05) is 18.7 Å². The van der Waals surface area contributed by atoms with E-state index in [9.17, 15) is 0 Å². The Bertz CT molecular complexity index is 576. The molecule has 0 bridgehead atoms. The number of halogens is 1. The molecule has 1 N–H and O–H groups in total. The van der Waals surface area contributed by atoms with Crippen LogP contribution in [-0.2, 0) is 6.54 Å². The van der Waals surface area contributed by atoms with E-state index in [1.165, 1.54) is 0 Å². The maximum absolute atomic E-state index is 6.07. The van der Waals surface area contributed by atoms with Gasteiger partial charge in [-0.15, -0.1) is 0 Å². The summed E-state index contributed by atoms with van der Waals surface area (Å²) in [5, 5.41) is 3.64. The number of ether oxygens (including phenoxy) is 2. The highest BCUT2D eigenvalue weighted by Crippen LogP contribution is 2.26. The van der Waals surface area contributed by atoms with Gasteiger partial charge in [0.1, 0.15) is 11.5 Å². The first-order chi connectivity index (χ1) is 9.72. The van der Waals surface area contributed by atoms with Gasteiger partial charge in [0.15, 0.2) is 0 Å². The number of aromatic nitrogens is 1. The summed E-state index contributed by atoms with van der Waals surface area (Å²) in [6.07, 6.45) is 0. The number of nitrogens with zero attached hydrogens (tertiary/aromatic N) is 1. The summed E-state index contributed by atoms with van der Waals surface area (Å²) in [7, 11) is 1.84. The van der Waals surface area contributed by atoms with Crippen LogP contribution >= 0.6 is 11.6 Å². The molecule has 5 heteroatoms. The normalized spacial score (nSPS) is 10.3. The molecule has 20 heavy (non-hydrogen) atoms. The van der Waals surface area contributed by atoms with Gasteiger partial charge in [0.25, 0.3) is 0 Å². The van der Waals surface area contributed by atoms with Crippen molar-refractivity contribution in [3.05, 3.63) is 47.1 Å². The Kier molecular flexibility index (Phi) is 5.21. The van der Waals surface area contributed by atoms with Crippen LogP contribution in [0.4, 0.5) is 0 Å². The summed E-state index contributed by atoms with van der Waals surface area (Å²) in [5.41, 5.74) is 0.757. The molecule has 0 unspecified atom stereocenters. The maximum Gasteiger partial charge on any atom is 0.219 e. The summed E-state index contributed by atoms with van der Waals surface area (Å²) in [6, 6.07) is 11.0. The summed E-state index contributed by atoms with van der Waals surface area (Å²) < 4.78 is 11.2. The van der Waals surface area contributed by atoms with Crippen LogP contribution in [0.3, 0.4) is 0 Å². The van der Waals surface area contributed by atoms with Crippen LogP contribution in [0.25, 0.3) is 0 Å². The molecule has 0 aliphatic carbocycles. The summed E-state index contributed by atoms with van der Waals surface area (Å²) in [6.45, 7) is 3.16. The molecule has 0 aliphatic rings. The molecule has 0 amide bonds. The monoisotopic (exact) mass is 292 g/mol. The average Bonchev–Trinajstić information content (AvgIpc) is 2.44. The van der Waals surface area contributed by atoms with Crippen LogP contribution < -0.4 is 14.8 Å². The average molecular weight is 293 g/mol. The van der Waals surface area contributed by atoms with Crippen molar-refractivity contribution in [3.8, 4) is 17.4 Å². The van der Waals surface area contributed by atoms with Gasteiger partial charge in [-0.05, 0) is 32.2 Å². The van der Waals surface area contributed by atoms with Gasteiger partial charge in [-0.1, -0.05) is 17.7 Å². The lowest BCUT2D eigenvalue weighted by Crippen LogP contribution is -2.07. The Morgan fingerprint density at radius 2 is 2.00 bits per heavy atom. The fourth-order valence-electron chi connectivity index (χ4n) is 1.73. The van der Waals surface area contributed by atoms with Crippen LogP contribution in [0.2, 0.25) is 5.02 Å². The molecule has 0 saturated carbocycles. The minimum atomic E-state index is 0.508. The second-order valence-corrected chi connectivity index (χ2v) is 4.53. The molecule has 4 nitrogen and oxygen atoms in total. The van der Waals surface area contributed by atoms with Crippen LogP contribution in [0, 0.1) is 0 Å². The second kappa shape index (κ2) is 7.12.